The number of ether oxygens (including phenoxy) is 1. The van der Waals surface area contributed by atoms with E-state index in [9.17, 15) is 9.59 Å². The number of likely N-dealkylation sites (tertiary alicyclic amines) is 1. The van der Waals surface area contributed by atoms with Crippen LogP contribution in [0.1, 0.15) is 42.9 Å². The van der Waals surface area contributed by atoms with Gasteiger partial charge in [0, 0.05) is 31.5 Å². The average molecular weight is 451 g/mol. The molecule has 4 rings (SSSR count). The van der Waals surface area contributed by atoms with E-state index in [-0.39, 0.29) is 6.04 Å². The summed E-state index contributed by atoms with van der Waals surface area (Å²) in [7, 11) is 3.72. The Balaban J connectivity index is 1.44. The predicted molar refractivity (Wildman–Crippen MR) is 131 cm³/mol. The van der Waals surface area contributed by atoms with Gasteiger partial charge in [0.15, 0.2) is 0 Å². The zero-order valence-corrected chi connectivity index (χ0v) is 19.6. The fraction of sp³-hybridized carbons (Fsp3) is 0.462. The molecule has 0 saturated carbocycles. The molecule has 7 heteroatoms. The van der Waals surface area contributed by atoms with Gasteiger partial charge in [-0.2, -0.15) is 0 Å². The number of benzene rings is 2. The van der Waals surface area contributed by atoms with Gasteiger partial charge in [0.05, 0.1) is 13.2 Å². The number of anilines is 2. The molecular formula is C26H34N4O3. The Bertz CT molecular complexity index is 970. The molecule has 33 heavy (non-hydrogen) atoms. The Labute approximate surface area is 196 Å². The van der Waals surface area contributed by atoms with Crippen molar-refractivity contribution in [2.75, 3.05) is 50.6 Å². The summed E-state index contributed by atoms with van der Waals surface area (Å²) in [5, 5.41) is 5.54. The second kappa shape index (κ2) is 10.7. The molecule has 0 radical (unpaired) electrons. The van der Waals surface area contributed by atoms with Crippen LogP contribution in [0.15, 0.2) is 42.5 Å². The third-order valence-electron chi connectivity index (χ3n) is 6.68. The molecule has 1 atom stereocenters. The quantitative estimate of drug-likeness (QED) is 0.661. The minimum atomic E-state index is -0.662. The van der Waals surface area contributed by atoms with E-state index in [0.29, 0.717) is 18.0 Å². The average Bonchev–Trinajstić information content (AvgIpc) is 2.85. The molecule has 1 unspecified atom stereocenters. The van der Waals surface area contributed by atoms with Gasteiger partial charge in [0.2, 0.25) is 0 Å². The third kappa shape index (κ3) is 5.66. The van der Waals surface area contributed by atoms with Gasteiger partial charge >= 0.3 is 11.8 Å². The predicted octanol–water partition coefficient (Wildman–Crippen LogP) is 3.36. The lowest BCUT2D eigenvalue weighted by Crippen LogP contribution is -2.43. The van der Waals surface area contributed by atoms with Crippen LogP contribution in [0.2, 0.25) is 0 Å². The normalized spacial score (nSPS) is 17.1. The summed E-state index contributed by atoms with van der Waals surface area (Å²) in [6, 6.07) is 13.7. The molecule has 2 aliphatic rings. The van der Waals surface area contributed by atoms with Gasteiger partial charge in [-0.3, -0.25) is 14.5 Å². The summed E-state index contributed by atoms with van der Waals surface area (Å²) >= 11 is 0. The summed E-state index contributed by atoms with van der Waals surface area (Å²) in [6.45, 7) is 3.51. The molecule has 1 fully saturated rings. The molecule has 7 nitrogen and oxygen atoms in total. The number of fused-ring (bicyclic) bond motifs is 1. The van der Waals surface area contributed by atoms with Gasteiger partial charge in [-0.25, -0.2) is 0 Å². The highest BCUT2D eigenvalue weighted by molar-refractivity contribution is 6.39. The lowest BCUT2D eigenvalue weighted by molar-refractivity contribution is -0.136. The molecule has 176 valence electrons. The highest BCUT2D eigenvalue weighted by Crippen LogP contribution is 2.31. The van der Waals surface area contributed by atoms with Crippen LogP contribution in [0, 0.1) is 0 Å². The second-order valence-corrected chi connectivity index (χ2v) is 8.92. The Morgan fingerprint density at radius 3 is 2.45 bits per heavy atom. The topological polar surface area (TPSA) is 73.9 Å². The molecule has 2 N–H and O–H groups in total. The lowest BCUT2D eigenvalue weighted by Gasteiger charge is -2.36. The molecule has 0 bridgehead atoms. The van der Waals surface area contributed by atoms with Crippen LogP contribution in [-0.2, 0) is 16.0 Å². The number of carbonyl (C=O) groups excluding carboxylic acids is 2. The largest absolute Gasteiger partial charge is 0.497 e. The van der Waals surface area contributed by atoms with Crippen molar-refractivity contribution >= 4 is 23.2 Å². The highest BCUT2D eigenvalue weighted by Gasteiger charge is 2.26. The Morgan fingerprint density at radius 2 is 1.73 bits per heavy atom. The Kier molecular flexibility index (Phi) is 7.50. The molecule has 2 amide bonds. The van der Waals surface area contributed by atoms with Gasteiger partial charge in [-0.1, -0.05) is 18.6 Å². The number of methoxy groups -OCH3 is 1. The minimum Gasteiger partial charge on any atom is -0.497 e. The summed E-state index contributed by atoms with van der Waals surface area (Å²) < 4.78 is 5.13. The van der Waals surface area contributed by atoms with Crippen molar-refractivity contribution in [2.24, 2.45) is 0 Å². The van der Waals surface area contributed by atoms with Crippen LogP contribution in [0.4, 0.5) is 11.4 Å². The van der Waals surface area contributed by atoms with E-state index in [1.807, 2.05) is 0 Å². The maximum absolute atomic E-state index is 12.6. The van der Waals surface area contributed by atoms with Gasteiger partial charge in [-0.15, -0.1) is 0 Å². The molecule has 2 aliphatic heterocycles. The number of amides is 2. The van der Waals surface area contributed by atoms with Crippen LogP contribution >= 0.6 is 0 Å². The van der Waals surface area contributed by atoms with Crippen molar-refractivity contribution in [3.8, 4) is 5.75 Å². The number of aryl methyl sites for hydroxylation is 1. The van der Waals surface area contributed by atoms with Gasteiger partial charge in [0.25, 0.3) is 0 Å². The molecule has 2 aromatic carbocycles. The van der Waals surface area contributed by atoms with Crippen LogP contribution in [-0.4, -0.2) is 57.1 Å². The number of rotatable bonds is 6. The lowest BCUT2D eigenvalue weighted by atomic mass is 9.95. The maximum atomic E-state index is 12.6. The smallest absolute Gasteiger partial charge is 0.313 e. The molecular weight excluding hydrogens is 416 g/mol. The van der Waals surface area contributed by atoms with E-state index in [4.69, 9.17) is 4.74 Å². The number of nitrogens with zero attached hydrogens (tertiary/aromatic N) is 2. The molecule has 2 heterocycles. The molecule has 0 spiro atoms. The van der Waals surface area contributed by atoms with E-state index in [2.05, 4.69) is 45.7 Å². The first kappa shape index (κ1) is 23.1. The van der Waals surface area contributed by atoms with Crippen molar-refractivity contribution in [2.45, 2.75) is 38.1 Å². The number of nitrogens with one attached hydrogen (secondary N) is 2. The van der Waals surface area contributed by atoms with E-state index < -0.39 is 11.8 Å². The van der Waals surface area contributed by atoms with Crippen molar-refractivity contribution in [1.82, 2.24) is 10.2 Å². The molecule has 2 aromatic rings. The van der Waals surface area contributed by atoms with Crippen molar-refractivity contribution < 1.29 is 14.3 Å². The van der Waals surface area contributed by atoms with Gasteiger partial charge in [-0.05, 0) is 80.2 Å². The number of hydrogen-bond acceptors (Lipinski definition) is 5. The summed E-state index contributed by atoms with van der Waals surface area (Å²) in [4.78, 5) is 29.8. The second-order valence-electron chi connectivity index (χ2n) is 8.92. The van der Waals surface area contributed by atoms with Crippen LogP contribution in [0.25, 0.3) is 0 Å². The molecule has 0 aliphatic carbocycles. The standard InChI is InChI=1S/C26H34N4O3/c1-29-14-6-7-19-17-20(8-13-23(19)29)24(30-15-4-3-5-16-30)18-27-25(31)26(32)28-21-9-11-22(33-2)12-10-21/h8-13,17,24H,3-7,14-16,18H2,1-2H3,(H,27,31)(H,28,32). The van der Waals surface area contributed by atoms with E-state index in [1.54, 1.807) is 31.4 Å². The van der Waals surface area contributed by atoms with Crippen molar-refractivity contribution in [1.29, 1.82) is 0 Å². The van der Waals surface area contributed by atoms with Crippen LogP contribution in [0.5, 0.6) is 5.75 Å². The maximum Gasteiger partial charge on any atom is 0.313 e. The molecule has 0 aromatic heterocycles. The van der Waals surface area contributed by atoms with E-state index in [0.717, 1.165) is 45.3 Å². The zero-order valence-electron chi connectivity index (χ0n) is 19.6. The summed E-state index contributed by atoms with van der Waals surface area (Å²) in [5.41, 5.74) is 4.43. The Hall–Kier alpha value is -3.06. The SMILES string of the molecule is COc1ccc(NC(=O)C(=O)NCC(c2ccc3c(c2)CCCN3C)N2CCCCC2)cc1. The first-order valence-electron chi connectivity index (χ1n) is 11.9. The van der Waals surface area contributed by atoms with Crippen LogP contribution in [0.3, 0.4) is 0 Å². The third-order valence-corrected chi connectivity index (χ3v) is 6.68. The highest BCUT2D eigenvalue weighted by atomic mass is 16.5. The zero-order chi connectivity index (χ0) is 23.2. The van der Waals surface area contributed by atoms with Crippen molar-refractivity contribution in [3.63, 3.8) is 0 Å². The van der Waals surface area contributed by atoms with Crippen LogP contribution < -0.4 is 20.3 Å². The Morgan fingerprint density at radius 1 is 0.970 bits per heavy atom. The van der Waals surface area contributed by atoms with Gasteiger partial charge in [0.1, 0.15) is 5.75 Å². The molecule has 1 saturated heterocycles. The number of piperidine rings is 1. The number of hydrogen-bond donors (Lipinski definition) is 2. The first-order valence-corrected chi connectivity index (χ1v) is 11.9. The van der Waals surface area contributed by atoms with E-state index >= 15 is 0 Å². The first-order chi connectivity index (χ1) is 16.0. The van der Waals surface area contributed by atoms with Gasteiger partial charge < -0.3 is 20.3 Å². The minimum absolute atomic E-state index is 0.0561. The monoisotopic (exact) mass is 450 g/mol. The van der Waals surface area contributed by atoms with E-state index in [1.165, 1.54) is 23.2 Å². The van der Waals surface area contributed by atoms with Crippen molar-refractivity contribution in [3.05, 3.63) is 53.6 Å². The number of carbonyl (C=O) groups is 2. The fourth-order valence-corrected chi connectivity index (χ4v) is 4.83. The fourth-order valence-electron chi connectivity index (χ4n) is 4.83. The summed E-state index contributed by atoms with van der Waals surface area (Å²) in [6.07, 6.45) is 5.81. The summed E-state index contributed by atoms with van der Waals surface area (Å²) in [5.74, 6) is -0.590.